The first-order chi connectivity index (χ1) is 9.17. The first-order valence-corrected chi connectivity index (χ1v) is 6.47. The molecular formula is C13H16N2O4. The molecule has 1 aromatic carbocycles. The van der Waals surface area contributed by atoms with Gasteiger partial charge in [-0.05, 0) is 37.0 Å². The summed E-state index contributed by atoms with van der Waals surface area (Å²) in [5, 5.41) is 23.4. The van der Waals surface area contributed by atoms with Gasteiger partial charge in [0.25, 0.3) is 5.69 Å². The van der Waals surface area contributed by atoms with Crippen LogP contribution >= 0.6 is 0 Å². The van der Waals surface area contributed by atoms with E-state index in [1.165, 1.54) is 6.07 Å². The summed E-state index contributed by atoms with van der Waals surface area (Å²) in [5.74, 6) is 0. The molecule has 0 aromatic heterocycles. The van der Waals surface area contributed by atoms with Gasteiger partial charge in [-0.2, -0.15) is 0 Å². The maximum atomic E-state index is 11.0. The molecule has 102 valence electrons. The number of nitrogens with zero attached hydrogens (tertiary/aromatic N) is 1. The Labute approximate surface area is 110 Å². The summed E-state index contributed by atoms with van der Waals surface area (Å²) in [4.78, 5) is 10.6. The van der Waals surface area contributed by atoms with E-state index in [2.05, 4.69) is 5.32 Å². The summed E-state index contributed by atoms with van der Waals surface area (Å²) in [6.07, 6.45) is 3.44. The van der Waals surface area contributed by atoms with Crippen LogP contribution in [-0.4, -0.2) is 28.3 Å². The van der Waals surface area contributed by atoms with Crippen molar-refractivity contribution in [1.82, 2.24) is 0 Å². The number of benzene rings is 1. The predicted octanol–water partition coefficient (Wildman–Crippen LogP) is 1.82. The summed E-state index contributed by atoms with van der Waals surface area (Å²) in [6, 6.07) is 4.78. The third-order valence-electron chi connectivity index (χ3n) is 3.89. The smallest absolute Gasteiger partial charge is 0.292 e. The predicted molar refractivity (Wildman–Crippen MR) is 68.9 cm³/mol. The van der Waals surface area contributed by atoms with Crippen LogP contribution in [-0.2, 0) is 11.3 Å². The van der Waals surface area contributed by atoms with Crippen molar-refractivity contribution in [2.45, 2.75) is 44.1 Å². The summed E-state index contributed by atoms with van der Waals surface area (Å²) in [6.45, 7) is -0.125. The molecule has 0 radical (unpaired) electrons. The fraction of sp³-hybridized carbons (Fsp3) is 0.538. The van der Waals surface area contributed by atoms with E-state index in [0.717, 1.165) is 19.3 Å². The summed E-state index contributed by atoms with van der Waals surface area (Å²) < 4.78 is 5.73. The van der Waals surface area contributed by atoms with E-state index in [1.54, 1.807) is 12.1 Å². The zero-order chi connectivity index (χ0) is 13.4. The van der Waals surface area contributed by atoms with Crippen LogP contribution in [0.2, 0.25) is 0 Å². The molecule has 0 spiro atoms. The molecule has 2 bridgehead atoms. The van der Waals surface area contributed by atoms with Gasteiger partial charge >= 0.3 is 0 Å². The number of ether oxygens (including phenoxy) is 1. The van der Waals surface area contributed by atoms with Gasteiger partial charge in [0.15, 0.2) is 0 Å². The van der Waals surface area contributed by atoms with Crippen LogP contribution in [0.4, 0.5) is 11.4 Å². The van der Waals surface area contributed by atoms with Gasteiger partial charge in [-0.25, -0.2) is 0 Å². The van der Waals surface area contributed by atoms with Crippen LogP contribution in [0.15, 0.2) is 18.2 Å². The van der Waals surface area contributed by atoms with Crippen molar-refractivity contribution in [2.24, 2.45) is 0 Å². The maximum Gasteiger partial charge on any atom is 0.292 e. The van der Waals surface area contributed by atoms with E-state index in [1.807, 2.05) is 0 Å². The molecule has 6 heteroatoms. The van der Waals surface area contributed by atoms with Crippen molar-refractivity contribution in [1.29, 1.82) is 0 Å². The fourth-order valence-electron chi connectivity index (χ4n) is 2.95. The number of aliphatic hydroxyl groups excluding tert-OH is 1. The molecule has 0 aliphatic carbocycles. The number of nitro benzene ring substituents is 1. The van der Waals surface area contributed by atoms with Crippen molar-refractivity contribution >= 4 is 11.4 Å². The number of hydrogen-bond acceptors (Lipinski definition) is 5. The van der Waals surface area contributed by atoms with Gasteiger partial charge in [0, 0.05) is 6.07 Å². The van der Waals surface area contributed by atoms with E-state index >= 15 is 0 Å². The molecule has 0 saturated carbocycles. The van der Waals surface area contributed by atoms with E-state index in [-0.39, 0.29) is 24.4 Å². The Hall–Kier alpha value is -1.66. The van der Waals surface area contributed by atoms with Crippen LogP contribution in [0.25, 0.3) is 0 Å². The highest BCUT2D eigenvalue weighted by Crippen LogP contribution is 2.37. The number of rotatable bonds is 4. The Balaban J connectivity index is 1.84. The number of hydrogen-bond donors (Lipinski definition) is 2. The average molecular weight is 264 g/mol. The van der Waals surface area contributed by atoms with Crippen LogP contribution in [0.1, 0.15) is 24.8 Å². The Bertz CT molecular complexity index is 505. The second-order valence-electron chi connectivity index (χ2n) is 5.13. The van der Waals surface area contributed by atoms with Crippen molar-refractivity contribution < 1.29 is 14.8 Å². The zero-order valence-corrected chi connectivity index (χ0v) is 10.4. The monoisotopic (exact) mass is 264 g/mol. The average Bonchev–Trinajstić information content (AvgIpc) is 3.00. The molecular weight excluding hydrogens is 248 g/mol. The Morgan fingerprint density at radius 3 is 2.89 bits per heavy atom. The van der Waals surface area contributed by atoms with Crippen molar-refractivity contribution in [3.63, 3.8) is 0 Å². The molecule has 2 aliphatic heterocycles. The topological polar surface area (TPSA) is 84.6 Å². The van der Waals surface area contributed by atoms with Crippen molar-refractivity contribution in [3.05, 3.63) is 33.9 Å². The largest absolute Gasteiger partial charge is 0.392 e. The number of anilines is 1. The van der Waals surface area contributed by atoms with Gasteiger partial charge in [0.05, 0.1) is 29.8 Å². The highest BCUT2D eigenvalue weighted by molar-refractivity contribution is 5.63. The third kappa shape index (κ3) is 2.29. The molecule has 6 nitrogen and oxygen atoms in total. The molecule has 0 amide bonds. The lowest BCUT2D eigenvalue weighted by Gasteiger charge is -2.21. The zero-order valence-electron chi connectivity index (χ0n) is 10.4. The lowest BCUT2D eigenvalue weighted by atomic mass is 9.95. The lowest BCUT2D eigenvalue weighted by Crippen LogP contribution is -2.30. The second kappa shape index (κ2) is 4.79. The molecule has 2 N–H and O–H groups in total. The van der Waals surface area contributed by atoms with E-state index in [4.69, 9.17) is 9.84 Å². The van der Waals surface area contributed by atoms with Gasteiger partial charge in [-0.3, -0.25) is 10.1 Å². The molecule has 3 rings (SSSR count). The van der Waals surface area contributed by atoms with Gasteiger partial charge in [-0.1, -0.05) is 0 Å². The summed E-state index contributed by atoms with van der Waals surface area (Å²) >= 11 is 0. The van der Waals surface area contributed by atoms with Crippen LogP contribution < -0.4 is 5.32 Å². The Morgan fingerprint density at radius 2 is 2.32 bits per heavy atom. The first kappa shape index (κ1) is 12.4. The van der Waals surface area contributed by atoms with Crippen molar-refractivity contribution in [2.75, 3.05) is 5.32 Å². The third-order valence-corrected chi connectivity index (χ3v) is 3.89. The van der Waals surface area contributed by atoms with Gasteiger partial charge in [0.2, 0.25) is 0 Å². The van der Waals surface area contributed by atoms with Gasteiger partial charge in [0.1, 0.15) is 5.69 Å². The minimum Gasteiger partial charge on any atom is -0.392 e. The molecule has 2 aliphatic rings. The van der Waals surface area contributed by atoms with E-state index in [9.17, 15) is 10.1 Å². The van der Waals surface area contributed by atoms with Gasteiger partial charge < -0.3 is 15.2 Å². The number of aliphatic hydroxyl groups is 1. The Morgan fingerprint density at radius 1 is 1.47 bits per heavy atom. The summed E-state index contributed by atoms with van der Waals surface area (Å²) in [5.41, 5.74) is 1.18. The first-order valence-electron chi connectivity index (χ1n) is 6.47. The quantitative estimate of drug-likeness (QED) is 0.640. The SMILES string of the molecule is O=[N+]([O-])c1ccc(CO)cc1NC1CC2CCC1O2. The number of nitro groups is 1. The minimum atomic E-state index is -0.405. The fourth-order valence-corrected chi connectivity index (χ4v) is 2.95. The highest BCUT2D eigenvalue weighted by Gasteiger charge is 2.41. The molecule has 1 aromatic rings. The number of nitrogens with one attached hydrogen (secondary N) is 1. The molecule has 2 heterocycles. The lowest BCUT2D eigenvalue weighted by molar-refractivity contribution is -0.384. The minimum absolute atomic E-state index is 0.0416. The maximum absolute atomic E-state index is 11.0. The molecule has 3 atom stereocenters. The molecule has 19 heavy (non-hydrogen) atoms. The van der Waals surface area contributed by atoms with Crippen LogP contribution in [0, 0.1) is 10.1 Å². The molecule has 2 saturated heterocycles. The van der Waals surface area contributed by atoms with E-state index in [0.29, 0.717) is 17.4 Å². The Kier molecular flexibility index (Phi) is 3.12. The normalized spacial score (nSPS) is 28.6. The second-order valence-corrected chi connectivity index (χ2v) is 5.13. The van der Waals surface area contributed by atoms with Crippen LogP contribution in [0.3, 0.4) is 0 Å². The summed E-state index contributed by atoms with van der Waals surface area (Å²) in [7, 11) is 0. The van der Waals surface area contributed by atoms with E-state index < -0.39 is 4.92 Å². The molecule has 3 unspecified atom stereocenters. The van der Waals surface area contributed by atoms with Crippen molar-refractivity contribution in [3.8, 4) is 0 Å². The number of fused-ring (bicyclic) bond motifs is 2. The van der Waals surface area contributed by atoms with Crippen LogP contribution in [0.5, 0.6) is 0 Å². The standard InChI is InChI=1S/C13H16N2O4/c16-7-8-1-3-12(15(17)18)10(5-8)14-11-6-9-2-4-13(11)19-9/h1,3,5,9,11,13-14,16H,2,4,6-7H2. The van der Waals surface area contributed by atoms with Gasteiger partial charge in [-0.15, -0.1) is 0 Å². The molecule has 2 fully saturated rings. The highest BCUT2D eigenvalue weighted by atomic mass is 16.6.